The van der Waals surface area contributed by atoms with Crippen LogP contribution in [0.2, 0.25) is 5.02 Å². The Balaban J connectivity index is 1.86. The van der Waals surface area contributed by atoms with Gasteiger partial charge in [0.25, 0.3) is 5.69 Å². The average molecular weight is 415 g/mol. The van der Waals surface area contributed by atoms with E-state index in [0.29, 0.717) is 16.5 Å². The minimum atomic E-state index is -0.664. The van der Waals surface area contributed by atoms with Gasteiger partial charge in [-0.05, 0) is 38.5 Å². The highest BCUT2D eigenvalue weighted by Crippen LogP contribution is 2.30. The van der Waals surface area contributed by atoms with E-state index in [2.05, 4.69) is 10.4 Å². The lowest BCUT2D eigenvalue weighted by molar-refractivity contribution is -0.384. The Labute approximate surface area is 172 Å². The van der Waals surface area contributed by atoms with Gasteiger partial charge in [0.1, 0.15) is 17.5 Å². The van der Waals surface area contributed by atoms with Crippen LogP contribution >= 0.6 is 11.6 Å². The quantitative estimate of drug-likeness (QED) is 0.449. The summed E-state index contributed by atoms with van der Waals surface area (Å²) in [6, 6.07) is 10.7. The van der Waals surface area contributed by atoms with Gasteiger partial charge in [-0.1, -0.05) is 23.7 Å². The van der Waals surface area contributed by atoms with E-state index in [-0.39, 0.29) is 17.1 Å². The number of anilines is 1. The highest BCUT2D eigenvalue weighted by molar-refractivity contribution is 6.31. The highest BCUT2D eigenvalue weighted by atomic mass is 35.5. The number of nitrogens with one attached hydrogen (secondary N) is 1. The number of carbonyl (C=O) groups excluding carboxylic acids is 1. The van der Waals surface area contributed by atoms with Crippen LogP contribution < -0.4 is 10.1 Å². The molecule has 3 rings (SSSR count). The molecule has 2 aromatic carbocycles. The number of nitrogens with zero attached hydrogens (tertiary/aromatic N) is 3. The minimum Gasteiger partial charge on any atom is -0.457 e. The Hall–Kier alpha value is -3.39. The molecule has 1 atom stereocenters. The molecule has 3 aromatic rings. The Morgan fingerprint density at radius 1 is 1.24 bits per heavy atom. The van der Waals surface area contributed by atoms with Crippen LogP contribution in [0.1, 0.15) is 24.2 Å². The molecule has 0 saturated heterocycles. The molecule has 0 bridgehead atoms. The van der Waals surface area contributed by atoms with Crippen LogP contribution in [0.25, 0.3) is 0 Å². The standard InChI is InChI=1S/C20H19ClN4O4/c1-12-5-4-6-17(7-12)29-18-9-15(8-16(10-18)25(27)28)23-20(26)14(3)24-13(2)19(21)11-22-24/h4-11,14H,1-3H3,(H,23,26). The van der Waals surface area contributed by atoms with Crippen LogP contribution in [0, 0.1) is 24.0 Å². The van der Waals surface area contributed by atoms with E-state index in [1.54, 1.807) is 19.9 Å². The van der Waals surface area contributed by atoms with Crippen molar-refractivity contribution in [2.75, 3.05) is 5.32 Å². The third kappa shape index (κ3) is 4.72. The molecule has 1 N–H and O–H groups in total. The van der Waals surface area contributed by atoms with Crippen LogP contribution in [-0.2, 0) is 4.79 Å². The second-order valence-corrected chi connectivity index (χ2v) is 6.99. The Bertz CT molecular complexity index is 1080. The lowest BCUT2D eigenvalue weighted by Gasteiger charge is -2.15. The summed E-state index contributed by atoms with van der Waals surface area (Å²) in [5.41, 5.74) is 1.69. The van der Waals surface area contributed by atoms with Crippen LogP contribution in [-0.4, -0.2) is 20.6 Å². The molecular weight excluding hydrogens is 396 g/mol. The number of ether oxygens (including phenoxy) is 1. The Morgan fingerprint density at radius 3 is 2.62 bits per heavy atom. The second-order valence-electron chi connectivity index (χ2n) is 6.58. The normalized spacial score (nSPS) is 11.7. The molecule has 0 aliphatic carbocycles. The molecule has 8 nitrogen and oxygen atoms in total. The van der Waals surface area contributed by atoms with Gasteiger partial charge >= 0.3 is 0 Å². The zero-order chi connectivity index (χ0) is 21.1. The summed E-state index contributed by atoms with van der Waals surface area (Å²) < 4.78 is 7.23. The molecule has 29 heavy (non-hydrogen) atoms. The van der Waals surface area contributed by atoms with Gasteiger partial charge in [0.2, 0.25) is 5.91 Å². The number of hydrogen-bond donors (Lipinski definition) is 1. The van der Waals surface area contributed by atoms with Crippen molar-refractivity contribution in [1.82, 2.24) is 9.78 Å². The Kier molecular flexibility index (Phi) is 5.84. The molecule has 9 heteroatoms. The maximum absolute atomic E-state index is 12.6. The van der Waals surface area contributed by atoms with E-state index >= 15 is 0 Å². The van der Waals surface area contributed by atoms with Crippen molar-refractivity contribution < 1.29 is 14.5 Å². The maximum Gasteiger partial charge on any atom is 0.275 e. The smallest absolute Gasteiger partial charge is 0.275 e. The number of nitro benzene ring substituents is 1. The van der Waals surface area contributed by atoms with E-state index in [9.17, 15) is 14.9 Å². The van der Waals surface area contributed by atoms with Gasteiger partial charge in [-0.15, -0.1) is 0 Å². The van der Waals surface area contributed by atoms with Crippen LogP contribution in [0.15, 0.2) is 48.7 Å². The summed E-state index contributed by atoms with van der Waals surface area (Å²) in [4.78, 5) is 23.4. The average Bonchev–Trinajstić information content (AvgIpc) is 2.99. The number of rotatable bonds is 6. The molecular formula is C20H19ClN4O4. The van der Waals surface area contributed by atoms with E-state index in [0.717, 1.165) is 5.56 Å². The summed E-state index contributed by atoms with van der Waals surface area (Å²) in [5.74, 6) is 0.388. The molecule has 0 aliphatic rings. The molecule has 0 saturated carbocycles. The lowest BCUT2D eigenvalue weighted by atomic mass is 10.2. The Morgan fingerprint density at radius 2 is 2.00 bits per heavy atom. The fraction of sp³-hybridized carbons (Fsp3) is 0.200. The first-order chi connectivity index (χ1) is 13.7. The molecule has 150 valence electrons. The highest BCUT2D eigenvalue weighted by Gasteiger charge is 2.20. The van der Waals surface area contributed by atoms with Gasteiger partial charge in [0, 0.05) is 12.1 Å². The first kappa shape index (κ1) is 20.3. The van der Waals surface area contributed by atoms with Gasteiger partial charge in [-0.25, -0.2) is 0 Å². The summed E-state index contributed by atoms with van der Waals surface area (Å²) in [6.07, 6.45) is 1.46. The third-order valence-corrected chi connectivity index (χ3v) is 4.70. The zero-order valence-corrected chi connectivity index (χ0v) is 16.8. The molecule has 1 amide bonds. The number of halogens is 1. The first-order valence-electron chi connectivity index (χ1n) is 8.79. The second kappa shape index (κ2) is 8.32. The summed E-state index contributed by atoms with van der Waals surface area (Å²) in [6.45, 7) is 5.32. The molecule has 1 heterocycles. The minimum absolute atomic E-state index is 0.198. The fourth-order valence-electron chi connectivity index (χ4n) is 2.79. The molecule has 0 radical (unpaired) electrons. The number of amides is 1. The van der Waals surface area contributed by atoms with Crippen molar-refractivity contribution >= 4 is 28.9 Å². The van der Waals surface area contributed by atoms with Crippen LogP contribution in [0.4, 0.5) is 11.4 Å². The summed E-state index contributed by atoms with van der Waals surface area (Å²) in [5, 5.41) is 18.5. The van der Waals surface area contributed by atoms with Crippen LogP contribution in [0.5, 0.6) is 11.5 Å². The monoisotopic (exact) mass is 414 g/mol. The van der Waals surface area contributed by atoms with Gasteiger partial charge in [-0.2, -0.15) is 5.10 Å². The topological polar surface area (TPSA) is 99.3 Å². The van der Waals surface area contributed by atoms with Crippen molar-refractivity contribution in [1.29, 1.82) is 0 Å². The number of nitro groups is 1. The number of benzene rings is 2. The number of carbonyl (C=O) groups is 1. The molecule has 1 aromatic heterocycles. The number of aromatic nitrogens is 2. The van der Waals surface area contributed by atoms with Gasteiger partial charge in [0.15, 0.2) is 0 Å². The van der Waals surface area contributed by atoms with Crippen molar-refractivity contribution in [2.45, 2.75) is 26.8 Å². The lowest BCUT2D eigenvalue weighted by Crippen LogP contribution is -2.25. The third-order valence-electron chi connectivity index (χ3n) is 4.33. The van der Waals surface area contributed by atoms with Gasteiger partial charge < -0.3 is 10.1 Å². The van der Waals surface area contributed by atoms with E-state index in [1.807, 2.05) is 25.1 Å². The van der Waals surface area contributed by atoms with Crippen molar-refractivity contribution in [2.24, 2.45) is 0 Å². The largest absolute Gasteiger partial charge is 0.457 e. The number of hydrogen-bond acceptors (Lipinski definition) is 5. The molecule has 0 aliphatic heterocycles. The molecule has 0 spiro atoms. The van der Waals surface area contributed by atoms with Crippen molar-refractivity contribution in [3.05, 3.63) is 75.1 Å². The summed E-state index contributed by atoms with van der Waals surface area (Å²) >= 11 is 6.00. The van der Waals surface area contributed by atoms with Crippen LogP contribution in [0.3, 0.4) is 0 Å². The number of aryl methyl sites for hydroxylation is 1. The number of non-ortho nitro benzene ring substituents is 1. The first-order valence-corrected chi connectivity index (χ1v) is 9.17. The van der Waals surface area contributed by atoms with Gasteiger partial charge in [-0.3, -0.25) is 19.6 Å². The van der Waals surface area contributed by atoms with E-state index in [4.69, 9.17) is 16.3 Å². The zero-order valence-electron chi connectivity index (χ0n) is 16.0. The van der Waals surface area contributed by atoms with Gasteiger partial charge in [0.05, 0.1) is 33.6 Å². The predicted octanol–water partition coefficient (Wildman–Crippen LogP) is 5.05. The van der Waals surface area contributed by atoms with Crippen molar-refractivity contribution in [3.8, 4) is 11.5 Å². The SMILES string of the molecule is Cc1cccc(Oc2cc(NC(=O)C(C)n3ncc(Cl)c3C)cc([N+](=O)[O-])c2)c1. The molecule has 1 unspecified atom stereocenters. The van der Waals surface area contributed by atoms with Crippen molar-refractivity contribution in [3.63, 3.8) is 0 Å². The fourth-order valence-corrected chi connectivity index (χ4v) is 2.92. The van der Waals surface area contributed by atoms with E-state index < -0.39 is 16.9 Å². The predicted molar refractivity (Wildman–Crippen MR) is 110 cm³/mol. The van der Waals surface area contributed by atoms with E-state index in [1.165, 1.54) is 29.1 Å². The maximum atomic E-state index is 12.6. The summed E-state index contributed by atoms with van der Waals surface area (Å²) in [7, 11) is 0. The molecule has 0 fully saturated rings.